The molecule has 9 heteroatoms. The van der Waals surface area contributed by atoms with Crippen molar-refractivity contribution in [2.75, 3.05) is 30.0 Å². The van der Waals surface area contributed by atoms with Crippen molar-refractivity contribution in [1.29, 1.82) is 0 Å². The predicted octanol–water partition coefficient (Wildman–Crippen LogP) is 2.57. The molecule has 134 valence electrons. The summed E-state index contributed by atoms with van der Waals surface area (Å²) in [4.78, 5) is 35.4. The summed E-state index contributed by atoms with van der Waals surface area (Å²) in [6, 6.07) is 12.3. The number of nitrogens with zero attached hydrogens (tertiary/aromatic N) is 2. The van der Waals surface area contributed by atoms with E-state index in [1.807, 2.05) is 0 Å². The molecular weight excluding hydrogens is 342 g/mol. The van der Waals surface area contributed by atoms with Crippen LogP contribution in [0.25, 0.3) is 0 Å². The molecule has 1 heterocycles. The van der Waals surface area contributed by atoms with Gasteiger partial charge in [-0.3, -0.25) is 19.8 Å². The van der Waals surface area contributed by atoms with E-state index in [2.05, 4.69) is 5.32 Å². The van der Waals surface area contributed by atoms with Crippen LogP contribution >= 0.6 is 0 Å². The number of nitrogens with one attached hydrogen (secondary N) is 1. The maximum atomic E-state index is 12.1. The van der Waals surface area contributed by atoms with Crippen LogP contribution in [-0.4, -0.2) is 36.7 Å². The van der Waals surface area contributed by atoms with Gasteiger partial charge in [-0.15, -0.1) is 0 Å². The summed E-state index contributed by atoms with van der Waals surface area (Å²) in [5.74, 6) is -0.0921. The molecule has 2 aromatic rings. The first-order valence-corrected chi connectivity index (χ1v) is 7.75. The Morgan fingerprint density at radius 2 is 1.96 bits per heavy atom. The topological polar surface area (TPSA) is 111 Å². The maximum Gasteiger partial charge on any atom is 0.414 e. The lowest BCUT2D eigenvalue weighted by molar-refractivity contribution is -0.384. The monoisotopic (exact) mass is 357 g/mol. The van der Waals surface area contributed by atoms with Crippen LogP contribution in [0.3, 0.4) is 0 Å². The van der Waals surface area contributed by atoms with Crippen LogP contribution in [0.4, 0.5) is 21.9 Å². The zero-order chi connectivity index (χ0) is 18.5. The zero-order valence-corrected chi connectivity index (χ0v) is 13.6. The van der Waals surface area contributed by atoms with Crippen LogP contribution in [0, 0.1) is 10.1 Å². The maximum absolute atomic E-state index is 12.1. The van der Waals surface area contributed by atoms with Gasteiger partial charge in [0.2, 0.25) is 0 Å². The lowest BCUT2D eigenvalue weighted by atomic mass is 10.2. The lowest BCUT2D eigenvalue weighted by Gasteiger charge is -2.17. The molecule has 1 aliphatic rings. The molecule has 0 atom stereocenters. The normalized spacial score (nSPS) is 13.2. The fourth-order valence-corrected chi connectivity index (χ4v) is 2.43. The van der Waals surface area contributed by atoms with Gasteiger partial charge < -0.3 is 14.8 Å². The van der Waals surface area contributed by atoms with Gasteiger partial charge in [0.15, 0.2) is 6.61 Å². The van der Waals surface area contributed by atoms with Gasteiger partial charge in [-0.1, -0.05) is 12.1 Å². The summed E-state index contributed by atoms with van der Waals surface area (Å²) in [6.07, 6.45) is -0.464. The summed E-state index contributed by atoms with van der Waals surface area (Å²) >= 11 is 0. The molecule has 26 heavy (non-hydrogen) atoms. The highest BCUT2D eigenvalue weighted by atomic mass is 16.6. The fraction of sp³-hybridized carbons (Fsp3) is 0.176. The Bertz CT molecular complexity index is 837. The average Bonchev–Trinajstić information content (AvgIpc) is 3.06. The summed E-state index contributed by atoms with van der Waals surface area (Å²) in [7, 11) is 0. The van der Waals surface area contributed by atoms with E-state index in [4.69, 9.17) is 9.47 Å². The summed E-state index contributed by atoms with van der Waals surface area (Å²) in [6.45, 7) is 0.423. The number of nitro groups is 1. The Labute approximate surface area is 148 Å². The first-order valence-electron chi connectivity index (χ1n) is 7.75. The number of amides is 2. The molecule has 1 fully saturated rings. The van der Waals surface area contributed by atoms with E-state index in [0.29, 0.717) is 30.3 Å². The Hall–Kier alpha value is -3.62. The van der Waals surface area contributed by atoms with Crippen molar-refractivity contribution in [3.8, 4) is 5.75 Å². The quantitative estimate of drug-likeness (QED) is 0.628. The number of carbonyl (C=O) groups excluding carboxylic acids is 2. The SMILES string of the molecule is O=C(COc1ccc([N+](=O)[O-])cc1)Nc1ccccc1N1CCOC1=O. The third-order valence-corrected chi connectivity index (χ3v) is 3.65. The smallest absolute Gasteiger partial charge is 0.414 e. The van der Waals surface area contributed by atoms with Crippen molar-refractivity contribution in [2.45, 2.75) is 0 Å². The van der Waals surface area contributed by atoms with Gasteiger partial charge in [-0.2, -0.15) is 0 Å². The average molecular weight is 357 g/mol. The molecule has 0 unspecified atom stereocenters. The fourth-order valence-electron chi connectivity index (χ4n) is 2.43. The number of para-hydroxylation sites is 2. The van der Waals surface area contributed by atoms with Crippen LogP contribution in [0.15, 0.2) is 48.5 Å². The van der Waals surface area contributed by atoms with E-state index < -0.39 is 16.9 Å². The summed E-state index contributed by atoms with van der Waals surface area (Å²) < 4.78 is 10.2. The van der Waals surface area contributed by atoms with E-state index in [9.17, 15) is 19.7 Å². The molecular formula is C17H15N3O6. The number of benzene rings is 2. The second-order valence-corrected chi connectivity index (χ2v) is 5.37. The van der Waals surface area contributed by atoms with Gasteiger partial charge in [0, 0.05) is 12.1 Å². The van der Waals surface area contributed by atoms with Crippen molar-refractivity contribution in [3.05, 3.63) is 58.6 Å². The van der Waals surface area contributed by atoms with E-state index in [0.717, 1.165) is 0 Å². The minimum absolute atomic E-state index is 0.0618. The Morgan fingerprint density at radius 3 is 2.62 bits per heavy atom. The van der Waals surface area contributed by atoms with Crippen LogP contribution < -0.4 is 15.0 Å². The van der Waals surface area contributed by atoms with Crippen LogP contribution in [0.2, 0.25) is 0 Å². The molecule has 1 aliphatic heterocycles. The van der Waals surface area contributed by atoms with Gasteiger partial charge >= 0.3 is 6.09 Å². The minimum atomic E-state index is -0.517. The molecule has 0 radical (unpaired) electrons. The first kappa shape index (κ1) is 17.2. The lowest BCUT2D eigenvalue weighted by Crippen LogP contribution is -2.26. The largest absolute Gasteiger partial charge is 0.484 e. The van der Waals surface area contributed by atoms with Gasteiger partial charge in [0.1, 0.15) is 12.4 Å². The number of hydrogen-bond donors (Lipinski definition) is 1. The number of ether oxygens (including phenoxy) is 2. The number of nitro benzene ring substituents is 1. The van der Waals surface area contributed by atoms with Crippen molar-refractivity contribution in [3.63, 3.8) is 0 Å². The molecule has 0 spiro atoms. The number of cyclic esters (lactones) is 1. The second-order valence-electron chi connectivity index (χ2n) is 5.37. The molecule has 1 saturated heterocycles. The molecule has 0 aliphatic carbocycles. The third kappa shape index (κ3) is 3.89. The number of hydrogen-bond acceptors (Lipinski definition) is 6. The first-order chi connectivity index (χ1) is 12.5. The van der Waals surface area contributed by atoms with Crippen LogP contribution in [0.5, 0.6) is 5.75 Å². The van der Waals surface area contributed by atoms with Crippen molar-refractivity contribution in [1.82, 2.24) is 0 Å². The van der Waals surface area contributed by atoms with Gasteiger partial charge in [0.25, 0.3) is 11.6 Å². The van der Waals surface area contributed by atoms with Gasteiger partial charge in [-0.25, -0.2) is 4.79 Å². The van der Waals surface area contributed by atoms with E-state index in [1.165, 1.54) is 29.2 Å². The van der Waals surface area contributed by atoms with Crippen molar-refractivity contribution in [2.24, 2.45) is 0 Å². The molecule has 3 rings (SSSR count). The van der Waals surface area contributed by atoms with E-state index in [-0.39, 0.29) is 12.3 Å². The standard InChI is InChI=1S/C17H15N3O6/c21-16(11-26-13-7-5-12(6-8-13)20(23)24)18-14-3-1-2-4-15(14)19-9-10-25-17(19)22/h1-8H,9-11H2,(H,18,21). The predicted molar refractivity (Wildman–Crippen MR) is 92.4 cm³/mol. The molecule has 0 saturated carbocycles. The highest BCUT2D eigenvalue weighted by molar-refractivity contribution is 5.99. The van der Waals surface area contributed by atoms with Gasteiger partial charge in [0.05, 0.1) is 22.8 Å². The van der Waals surface area contributed by atoms with Crippen LogP contribution in [-0.2, 0) is 9.53 Å². The molecule has 2 aromatic carbocycles. The highest BCUT2D eigenvalue weighted by Gasteiger charge is 2.25. The summed E-state index contributed by atoms with van der Waals surface area (Å²) in [5.41, 5.74) is 0.940. The molecule has 9 nitrogen and oxygen atoms in total. The Morgan fingerprint density at radius 1 is 1.23 bits per heavy atom. The molecule has 0 aromatic heterocycles. The summed E-state index contributed by atoms with van der Waals surface area (Å²) in [5, 5.41) is 13.3. The van der Waals surface area contributed by atoms with Crippen LogP contribution in [0.1, 0.15) is 0 Å². The molecule has 0 bridgehead atoms. The Balaban J connectivity index is 1.62. The second kappa shape index (κ2) is 7.51. The van der Waals surface area contributed by atoms with Crippen molar-refractivity contribution >= 4 is 29.1 Å². The zero-order valence-electron chi connectivity index (χ0n) is 13.6. The minimum Gasteiger partial charge on any atom is -0.484 e. The molecule has 1 N–H and O–H groups in total. The number of rotatable bonds is 6. The number of anilines is 2. The Kier molecular flexibility index (Phi) is 4.97. The van der Waals surface area contributed by atoms with Crippen molar-refractivity contribution < 1.29 is 24.0 Å². The molecule has 2 amide bonds. The highest BCUT2D eigenvalue weighted by Crippen LogP contribution is 2.28. The van der Waals surface area contributed by atoms with E-state index >= 15 is 0 Å². The number of carbonyl (C=O) groups is 2. The van der Waals surface area contributed by atoms with E-state index in [1.54, 1.807) is 24.3 Å². The third-order valence-electron chi connectivity index (χ3n) is 3.65. The number of non-ortho nitro benzene ring substituents is 1. The van der Waals surface area contributed by atoms with Gasteiger partial charge in [-0.05, 0) is 24.3 Å².